The van der Waals surface area contributed by atoms with Gasteiger partial charge >= 0.3 is 5.97 Å². The number of carboxylic acids is 1. The predicted octanol–water partition coefficient (Wildman–Crippen LogP) is 4.74. The first-order valence-corrected chi connectivity index (χ1v) is 9.99. The molecule has 31 heavy (non-hydrogen) atoms. The second-order valence-electron chi connectivity index (χ2n) is 7.34. The average molecular weight is 492 g/mol. The van der Waals surface area contributed by atoms with Crippen LogP contribution in [0, 0.1) is 18.6 Å². The fourth-order valence-electron chi connectivity index (χ4n) is 4.03. The van der Waals surface area contributed by atoms with Crippen LogP contribution in [0.3, 0.4) is 0 Å². The number of halogens is 5. The van der Waals surface area contributed by atoms with Gasteiger partial charge < -0.3 is 15.7 Å². The first-order chi connectivity index (χ1) is 14.2. The standard InChI is InChI=1S/C20H18Cl2F2N4O2.ClH/c1-10-17-14(24)6-11(7-15(17)27-28(10)8-16(29)30)26-20(4-5-25-9-20)18-13(23)3-2-12(21)19(18)22;/h2-3,6-7,25-26H,4-5,8-9H2,1H3,(H,29,30);1H. The summed E-state index contributed by atoms with van der Waals surface area (Å²) < 4.78 is 30.9. The molecule has 166 valence electrons. The van der Waals surface area contributed by atoms with Gasteiger partial charge in [0.25, 0.3) is 0 Å². The van der Waals surface area contributed by atoms with Gasteiger partial charge in [0.1, 0.15) is 18.2 Å². The average Bonchev–Trinajstić information content (AvgIpc) is 3.24. The number of hydrogen-bond acceptors (Lipinski definition) is 4. The number of carbonyl (C=O) groups is 1. The van der Waals surface area contributed by atoms with Crippen LogP contribution in [0.1, 0.15) is 17.7 Å². The van der Waals surface area contributed by atoms with E-state index in [1.165, 1.54) is 22.9 Å². The Labute approximate surface area is 192 Å². The van der Waals surface area contributed by atoms with Crippen molar-refractivity contribution in [3.05, 3.63) is 57.2 Å². The lowest BCUT2D eigenvalue weighted by atomic mass is 9.87. The van der Waals surface area contributed by atoms with Gasteiger partial charge in [0, 0.05) is 23.5 Å². The van der Waals surface area contributed by atoms with Crippen molar-refractivity contribution in [2.24, 2.45) is 0 Å². The molecule has 3 N–H and O–H groups in total. The maximum absolute atomic E-state index is 14.9. The third kappa shape index (κ3) is 4.17. The van der Waals surface area contributed by atoms with Crippen molar-refractivity contribution in [1.82, 2.24) is 15.1 Å². The second-order valence-corrected chi connectivity index (χ2v) is 8.13. The fourth-order valence-corrected chi connectivity index (χ4v) is 4.53. The van der Waals surface area contributed by atoms with E-state index in [4.69, 9.17) is 28.3 Å². The Morgan fingerprint density at radius 2 is 2.06 bits per heavy atom. The number of nitrogens with zero attached hydrogens (tertiary/aromatic N) is 2. The molecule has 0 bridgehead atoms. The maximum Gasteiger partial charge on any atom is 0.325 e. The largest absolute Gasteiger partial charge is 0.480 e. The van der Waals surface area contributed by atoms with E-state index >= 15 is 0 Å². The second kappa shape index (κ2) is 8.78. The molecule has 1 saturated heterocycles. The van der Waals surface area contributed by atoms with Gasteiger partial charge in [-0.1, -0.05) is 23.2 Å². The molecule has 4 rings (SSSR count). The number of aryl methyl sites for hydroxylation is 1. The molecule has 1 aromatic heterocycles. The van der Waals surface area contributed by atoms with Gasteiger partial charge in [0.15, 0.2) is 0 Å². The molecule has 1 aliphatic heterocycles. The first kappa shape index (κ1) is 23.5. The van der Waals surface area contributed by atoms with Crippen molar-refractivity contribution in [2.45, 2.75) is 25.4 Å². The molecule has 11 heteroatoms. The van der Waals surface area contributed by atoms with Crippen LogP contribution in [0.25, 0.3) is 10.9 Å². The highest BCUT2D eigenvalue weighted by Crippen LogP contribution is 2.41. The molecule has 1 fully saturated rings. The normalized spacial score (nSPS) is 18.2. The third-order valence-corrected chi connectivity index (χ3v) is 6.20. The highest BCUT2D eigenvalue weighted by molar-refractivity contribution is 6.42. The van der Waals surface area contributed by atoms with Gasteiger partial charge in [-0.3, -0.25) is 9.48 Å². The lowest BCUT2D eigenvalue weighted by Gasteiger charge is -2.33. The van der Waals surface area contributed by atoms with Crippen LogP contribution in [0.5, 0.6) is 0 Å². The van der Waals surface area contributed by atoms with Crippen molar-refractivity contribution in [3.8, 4) is 0 Å². The summed E-state index contributed by atoms with van der Waals surface area (Å²) in [6, 6.07) is 5.55. The van der Waals surface area contributed by atoms with Crippen LogP contribution in [0.2, 0.25) is 10.0 Å². The monoisotopic (exact) mass is 490 g/mol. The number of rotatable bonds is 5. The molecule has 0 spiro atoms. The molecular weight excluding hydrogens is 473 g/mol. The summed E-state index contributed by atoms with van der Waals surface area (Å²) in [7, 11) is 0. The van der Waals surface area contributed by atoms with E-state index in [-0.39, 0.29) is 39.9 Å². The van der Waals surface area contributed by atoms with E-state index in [1.54, 1.807) is 13.0 Å². The zero-order chi connectivity index (χ0) is 21.6. The highest BCUT2D eigenvalue weighted by atomic mass is 35.5. The number of fused-ring (bicyclic) bond motifs is 1. The summed E-state index contributed by atoms with van der Waals surface area (Å²) in [5.74, 6) is -2.14. The van der Waals surface area contributed by atoms with E-state index in [0.29, 0.717) is 36.4 Å². The van der Waals surface area contributed by atoms with E-state index in [1.807, 2.05) is 0 Å². The molecule has 2 heterocycles. The Bertz CT molecular complexity index is 1160. The van der Waals surface area contributed by atoms with Crippen molar-refractivity contribution < 1.29 is 18.7 Å². The van der Waals surface area contributed by atoms with Gasteiger partial charge in [-0.15, -0.1) is 12.4 Å². The molecule has 1 aliphatic rings. The van der Waals surface area contributed by atoms with Crippen LogP contribution in [-0.4, -0.2) is 33.9 Å². The van der Waals surface area contributed by atoms with Gasteiger partial charge in [0.2, 0.25) is 0 Å². The zero-order valence-electron chi connectivity index (χ0n) is 16.3. The van der Waals surface area contributed by atoms with Gasteiger partial charge in [-0.05, 0) is 44.2 Å². The Morgan fingerprint density at radius 3 is 2.71 bits per heavy atom. The van der Waals surface area contributed by atoms with Crippen LogP contribution in [0.15, 0.2) is 24.3 Å². The Balaban J connectivity index is 0.00000272. The number of hydrogen-bond donors (Lipinski definition) is 3. The van der Waals surface area contributed by atoms with E-state index in [2.05, 4.69) is 15.7 Å². The molecule has 1 unspecified atom stereocenters. The van der Waals surface area contributed by atoms with Crippen LogP contribution in [-0.2, 0) is 16.9 Å². The van der Waals surface area contributed by atoms with Gasteiger partial charge in [-0.25, -0.2) is 8.78 Å². The van der Waals surface area contributed by atoms with Gasteiger partial charge in [-0.2, -0.15) is 5.10 Å². The molecular formula is C20H19Cl3F2N4O2. The highest BCUT2D eigenvalue weighted by Gasteiger charge is 2.40. The first-order valence-electron chi connectivity index (χ1n) is 9.23. The summed E-state index contributed by atoms with van der Waals surface area (Å²) >= 11 is 12.5. The van der Waals surface area contributed by atoms with Crippen molar-refractivity contribution in [1.29, 1.82) is 0 Å². The molecule has 3 aromatic rings. The van der Waals surface area contributed by atoms with E-state index in [0.717, 1.165) is 0 Å². The summed E-state index contributed by atoms with van der Waals surface area (Å²) in [5, 5.41) is 20.2. The minimum atomic E-state index is -1.08. The Morgan fingerprint density at radius 1 is 1.32 bits per heavy atom. The summed E-state index contributed by atoms with van der Waals surface area (Å²) in [5.41, 5.74) is 0.367. The Hall–Kier alpha value is -2.13. The molecule has 0 aliphatic carbocycles. The minimum absolute atomic E-state index is 0. The summed E-state index contributed by atoms with van der Waals surface area (Å²) in [6.07, 6.45) is 0.496. The number of carboxylic acid groups (broad SMARTS) is 1. The number of benzene rings is 2. The number of nitrogens with one attached hydrogen (secondary N) is 2. The third-order valence-electron chi connectivity index (χ3n) is 5.39. The number of aliphatic carboxylic acids is 1. The molecule has 0 amide bonds. The zero-order valence-corrected chi connectivity index (χ0v) is 18.6. The maximum atomic E-state index is 14.9. The SMILES string of the molecule is Cc1c2c(F)cc(NC3(c4c(F)ccc(Cl)c4Cl)CCNC3)cc2nn1CC(=O)O.Cl. The summed E-state index contributed by atoms with van der Waals surface area (Å²) in [6.45, 7) is 2.19. The number of aromatic nitrogens is 2. The van der Waals surface area contributed by atoms with Crippen molar-refractivity contribution in [3.63, 3.8) is 0 Å². The molecule has 0 saturated carbocycles. The smallest absolute Gasteiger partial charge is 0.325 e. The fraction of sp³-hybridized carbons (Fsp3) is 0.300. The van der Waals surface area contributed by atoms with Gasteiger partial charge in [0.05, 0.1) is 26.5 Å². The Kier molecular flexibility index (Phi) is 6.67. The van der Waals surface area contributed by atoms with Crippen LogP contribution >= 0.6 is 35.6 Å². The minimum Gasteiger partial charge on any atom is -0.480 e. The van der Waals surface area contributed by atoms with Crippen LogP contribution < -0.4 is 10.6 Å². The van der Waals surface area contributed by atoms with E-state index in [9.17, 15) is 13.6 Å². The summed E-state index contributed by atoms with van der Waals surface area (Å²) in [4.78, 5) is 11.0. The van der Waals surface area contributed by atoms with Crippen molar-refractivity contribution >= 4 is 58.2 Å². The van der Waals surface area contributed by atoms with Crippen molar-refractivity contribution in [2.75, 3.05) is 18.4 Å². The molecule has 1 atom stereocenters. The number of anilines is 1. The van der Waals surface area contributed by atoms with E-state index < -0.39 is 23.1 Å². The predicted molar refractivity (Wildman–Crippen MR) is 119 cm³/mol. The lowest BCUT2D eigenvalue weighted by Crippen LogP contribution is -2.39. The quantitative estimate of drug-likeness (QED) is 0.450. The lowest BCUT2D eigenvalue weighted by molar-refractivity contribution is -0.137. The van der Waals surface area contributed by atoms with Crippen LogP contribution in [0.4, 0.5) is 14.5 Å². The molecule has 6 nitrogen and oxygen atoms in total. The molecule has 0 radical (unpaired) electrons. The molecule has 2 aromatic carbocycles. The topological polar surface area (TPSA) is 79.2 Å².